The number of hydrogen-bond acceptors (Lipinski definition) is 4. The number of fused-ring (bicyclic) bond motifs is 1. The number of benzene rings is 2. The molecule has 1 fully saturated rings. The van der Waals surface area contributed by atoms with Crippen LogP contribution in [0.3, 0.4) is 0 Å². The highest BCUT2D eigenvalue weighted by molar-refractivity contribution is 7.89. The lowest BCUT2D eigenvalue weighted by atomic mass is 9.98. The number of hydrogen-bond donors (Lipinski definition) is 2. The number of anilines is 1. The number of sulfonamides is 1. The van der Waals surface area contributed by atoms with E-state index in [4.69, 9.17) is 0 Å². The lowest BCUT2D eigenvalue weighted by Gasteiger charge is -2.33. The minimum Gasteiger partial charge on any atom is -0.341 e. The Balaban J connectivity index is 1.58. The standard InChI is InChI=1S/C24H29N3O4S/c1-17-11-13-27(14-12-17)24(29)22(15-18-5-3-2-4-6-18)26-32(30,31)20-8-9-21-19(16-20)7-10-23(28)25-21/h2-6,8-9,16-17,22,26H,7,10-15H2,1H3,(H,25,28)/t22-/m1/s1. The second-order valence-corrected chi connectivity index (χ2v) is 10.5. The molecule has 0 aromatic heterocycles. The van der Waals surface area contributed by atoms with Crippen molar-refractivity contribution < 1.29 is 18.0 Å². The van der Waals surface area contributed by atoms with E-state index in [9.17, 15) is 18.0 Å². The molecule has 0 aliphatic carbocycles. The molecule has 7 nitrogen and oxygen atoms in total. The number of carbonyl (C=O) groups excluding carboxylic acids is 2. The number of amides is 2. The highest BCUT2D eigenvalue weighted by Crippen LogP contribution is 2.26. The first-order valence-corrected chi connectivity index (χ1v) is 12.6. The van der Waals surface area contributed by atoms with Crippen molar-refractivity contribution in [3.63, 3.8) is 0 Å². The van der Waals surface area contributed by atoms with Crippen molar-refractivity contribution in [2.24, 2.45) is 5.92 Å². The van der Waals surface area contributed by atoms with Gasteiger partial charge in [0.1, 0.15) is 6.04 Å². The topological polar surface area (TPSA) is 95.6 Å². The Morgan fingerprint density at radius 2 is 1.84 bits per heavy atom. The van der Waals surface area contributed by atoms with E-state index in [-0.39, 0.29) is 23.1 Å². The molecule has 1 saturated heterocycles. The number of aryl methyl sites for hydroxylation is 1. The highest BCUT2D eigenvalue weighted by Gasteiger charge is 2.31. The number of nitrogens with zero attached hydrogens (tertiary/aromatic N) is 1. The molecule has 2 amide bonds. The molecule has 2 aliphatic rings. The Hall–Kier alpha value is -2.71. The highest BCUT2D eigenvalue weighted by atomic mass is 32.2. The first-order valence-electron chi connectivity index (χ1n) is 11.1. The smallest absolute Gasteiger partial charge is 0.241 e. The molecule has 2 aliphatic heterocycles. The van der Waals surface area contributed by atoms with Crippen LogP contribution in [0, 0.1) is 5.92 Å². The van der Waals surface area contributed by atoms with E-state index >= 15 is 0 Å². The number of rotatable bonds is 6. The van der Waals surface area contributed by atoms with Gasteiger partial charge in [-0.25, -0.2) is 8.42 Å². The Kier molecular flexibility index (Phi) is 6.62. The molecule has 0 unspecified atom stereocenters. The van der Waals surface area contributed by atoms with Gasteiger partial charge in [-0.2, -0.15) is 4.72 Å². The average Bonchev–Trinajstić information content (AvgIpc) is 2.79. The summed E-state index contributed by atoms with van der Waals surface area (Å²) >= 11 is 0. The molecule has 1 atom stereocenters. The van der Waals surface area contributed by atoms with Gasteiger partial charge in [-0.05, 0) is 60.9 Å². The fourth-order valence-electron chi connectivity index (χ4n) is 4.26. The summed E-state index contributed by atoms with van der Waals surface area (Å²) < 4.78 is 29.2. The Bertz CT molecular complexity index is 1090. The molecule has 2 heterocycles. The quantitative estimate of drug-likeness (QED) is 0.700. The molecule has 32 heavy (non-hydrogen) atoms. The minimum atomic E-state index is -3.93. The van der Waals surface area contributed by atoms with Crippen molar-refractivity contribution in [3.05, 3.63) is 59.7 Å². The molecule has 2 aromatic carbocycles. The van der Waals surface area contributed by atoms with Crippen LogP contribution in [0.2, 0.25) is 0 Å². The first-order chi connectivity index (χ1) is 15.3. The number of likely N-dealkylation sites (tertiary alicyclic amines) is 1. The van der Waals surface area contributed by atoms with Crippen molar-refractivity contribution in [1.82, 2.24) is 9.62 Å². The zero-order valence-corrected chi connectivity index (χ0v) is 19.0. The van der Waals surface area contributed by atoms with Gasteiger partial charge in [0.05, 0.1) is 4.90 Å². The van der Waals surface area contributed by atoms with Gasteiger partial charge in [0.25, 0.3) is 0 Å². The van der Waals surface area contributed by atoms with Crippen molar-refractivity contribution in [1.29, 1.82) is 0 Å². The molecular weight excluding hydrogens is 426 g/mol. The van der Waals surface area contributed by atoms with Gasteiger partial charge in [0, 0.05) is 25.2 Å². The van der Waals surface area contributed by atoms with Crippen LogP contribution < -0.4 is 10.0 Å². The predicted molar refractivity (Wildman–Crippen MR) is 123 cm³/mol. The number of carbonyl (C=O) groups is 2. The van der Waals surface area contributed by atoms with Gasteiger partial charge in [0.2, 0.25) is 21.8 Å². The molecule has 0 radical (unpaired) electrons. The van der Waals surface area contributed by atoms with E-state index in [1.54, 1.807) is 17.0 Å². The monoisotopic (exact) mass is 455 g/mol. The largest absolute Gasteiger partial charge is 0.341 e. The van der Waals surface area contributed by atoms with E-state index in [0.29, 0.717) is 37.5 Å². The van der Waals surface area contributed by atoms with E-state index in [0.717, 1.165) is 24.0 Å². The van der Waals surface area contributed by atoms with Gasteiger partial charge in [-0.3, -0.25) is 9.59 Å². The van der Waals surface area contributed by atoms with Gasteiger partial charge in [0.15, 0.2) is 0 Å². The molecule has 2 aromatic rings. The molecular formula is C24H29N3O4S. The molecule has 0 saturated carbocycles. The van der Waals surface area contributed by atoms with Crippen LogP contribution in [0.1, 0.15) is 37.3 Å². The Labute approximate surface area is 189 Å². The SMILES string of the molecule is CC1CCN(C(=O)[C@@H](Cc2ccccc2)NS(=O)(=O)c2ccc3c(c2)CCC(=O)N3)CC1. The third-order valence-electron chi connectivity index (χ3n) is 6.26. The van der Waals surface area contributed by atoms with Crippen molar-refractivity contribution in [2.75, 3.05) is 18.4 Å². The maximum Gasteiger partial charge on any atom is 0.241 e. The third-order valence-corrected chi connectivity index (χ3v) is 7.73. The molecule has 170 valence electrons. The van der Waals surface area contributed by atoms with E-state index < -0.39 is 16.1 Å². The zero-order chi connectivity index (χ0) is 22.7. The lowest BCUT2D eigenvalue weighted by molar-refractivity contribution is -0.134. The minimum absolute atomic E-state index is 0.0735. The molecule has 0 bridgehead atoms. The molecule has 8 heteroatoms. The summed E-state index contributed by atoms with van der Waals surface area (Å²) in [6, 6.07) is 13.2. The van der Waals surface area contributed by atoms with Crippen LogP contribution in [-0.4, -0.2) is 44.3 Å². The van der Waals surface area contributed by atoms with Crippen LogP contribution in [0.25, 0.3) is 0 Å². The van der Waals surface area contributed by atoms with Crippen LogP contribution in [0.4, 0.5) is 5.69 Å². The van der Waals surface area contributed by atoms with Gasteiger partial charge in [-0.1, -0.05) is 37.3 Å². The zero-order valence-electron chi connectivity index (χ0n) is 18.2. The summed E-state index contributed by atoms with van der Waals surface area (Å²) in [6.07, 6.45) is 2.95. The van der Waals surface area contributed by atoms with Gasteiger partial charge in [-0.15, -0.1) is 0 Å². The van der Waals surface area contributed by atoms with E-state index in [1.807, 2.05) is 30.3 Å². The normalized spacial score (nSPS) is 18.0. The lowest BCUT2D eigenvalue weighted by Crippen LogP contribution is -2.51. The third kappa shape index (κ3) is 5.19. The number of nitrogens with one attached hydrogen (secondary N) is 2. The van der Waals surface area contributed by atoms with E-state index in [2.05, 4.69) is 17.0 Å². The van der Waals surface area contributed by atoms with Crippen LogP contribution in [-0.2, 0) is 32.5 Å². The second kappa shape index (κ2) is 9.42. The Morgan fingerprint density at radius 3 is 2.56 bits per heavy atom. The molecule has 4 rings (SSSR count). The van der Waals surface area contributed by atoms with Crippen molar-refractivity contribution >= 4 is 27.5 Å². The Morgan fingerprint density at radius 1 is 1.12 bits per heavy atom. The van der Waals surface area contributed by atoms with Crippen LogP contribution in [0.15, 0.2) is 53.4 Å². The summed E-state index contributed by atoms with van der Waals surface area (Å²) in [5, 5.41) is 2.76. The van der Waals surface area contributed by atoms with E-state index in [1.165, 1.54) is 6.07 Å². The first kappa shape index (κ1) is 22.5. The second-order valence-electron chi connectivity index (χ2n) is 8.74. The van der Waals surface area contributed by atoms with Crippen molar-refractivity contribution in [3.8, 4) is 0 Å². The maximum atomic E-state index is 13.3. The summed E-state index contributed by atoms with van der Waals surface area (Å²) in [5.74, 6) is 0.310. The van der Waals surface area contributed by atoms with Gasteiger partial charge < -0.3 is 10.2 Å². The summed E-state index contributed by atoms with van der Waals surface area (Å²) in [7, 11) is -3.93. The summed E-state index contributed by atoms with van der Waals surface area (Å²) in [6.45, 7) is 3.46. The average molecular weight is 456 g/mol. The van der Waals surface area contributed by atoms with Gasteiger partial charge >= 0.3 is 0 Å². The van der Waals surface area contributed by atoms with Crippen LogP contribution in [0.5, 0.6) is 0 Å². The summed E-state index contributed by atoms with van der Waals surface area (Å²) in [5.41, 5.74) is 2.31. The maximum absolute atomic E-state index is 13.3. The molecule has 2 N–H and O–H groups in total. The number of piperidine rings is 1. The van der Waals surface area contributed by atoms with Crippen molar-refractivity contribution in [2.45, 2.75) is 50.0 Å². The molecule has 0 spiro atoms. The van der Waals surface area contributed by atoms with Crippen LogP contribution >= 0.6 is 0 Å². The fourth-order valence-corrected chi connectivity index (χ4v) is 5.50. The predicted octanol–water partition coefficient (Wildman–Crippen LogP) is 2.72. The fraction of sp³-hybridized carbons (Fsp3) is 0.417. The summed E-state index contributed by atoms with van der Waals surface area (Å²) in [4.78, 5) is 26.8.